The molecule has 1 aromatic rings. The van der Waals surface area contributed by atoms with Crippen LogP contribution in [0.4, 0.5) is 5.69 Å². The summed E-state index contributed by atoms with van der Waals surface area (Å²) < 4.78 is 10.6. The maximum atomic E-state index is 13.7. The maximum absolute atomic E-state index is 13.7. The Morgan fingerprint density at radius 1 is 1.14 bits per heavy atom. The number of nitrogens with one attached hydrogen (secondary N) is 1. The number of carbonyl (C=O) groups is 3. The minimum absolute atomic E-state index is 0.0466. The van der Waals surface area contributed by atoms with Crippen molar-refractivity contribution in [3.8, 4) is 0 Å². The van der Waals surface area contributed by atoms with Crippen LogP contribution in [0.25, 0.3) is 0 Å². The highest BCUT2D eigenvalue weighted by atomic mass is 16.5. The van der Waals surface area contributed by atoms with E-state index in [4.69, 9.17) is 9.47 Å². The summed E-state index contributed by atoms with van der Waals surface area (Å²) >= 11 is 0. The van der Waals surface area contributed by atoms with Gasteiger partial charge in [0.15, 0.2) is 5.78 Å². The Kier molecular flexibility index (Phi) is 7.30. The first-order valence-electron chi connectivity index (χ1n) is 12.9. The fraction of sp³-hybridized carbons (Fsp3) is 0.654. The van der Waals surface area contributed by atoms with Gasteiger partial charge in [0.25, 0.3) is 5.91 Å². The summed E-state index contributed by atoms with van der Waals surface area (Å²) in [5.74, 6) is -0.785. The third kappa shape index (κ3) is 4.74. The van der Waals surface area contributed by atoms with Gasteiger partial charge in [0.05, 0.1) is 13.2 Å². The highest BCUT2D eigenvalue weighted by Gasteiger charge is 2.56. The van der Waals surface area contributed by atoms with Crippen molar-refractivity contribution in [1.82, 2.24) is 15.1 Å². The summed E-state index contributed by atoms with van der Waals surface area (Å²) in [7, 11) is 1.72. The summed E-state index contributed by atoms with van der Waals surface area (Å²) in [5.41, 5.74) is 0.504. The van der Waals surface area contributed by atoms with Crippen LogP contribution < -0.4 is 10.2 Å². The van der Waals surface area contributed by atoms with Crippen LogP contribution >= 0.6 is 0 Å². The first-order chi connectivity index (χ1) is 17.4. The number of piperazine rings is 1. The van der Waals surface area contributed by atoms with Crippen LogP contribution in [0, 0.1) is 0 Å². The summed E-state index contributed by atoms with van der Waals surface area (Å²) in [5, 5.41) is 13.4. The van der Waals surface area contributed by atoms with Gasteiger partial charge >= 0.3 is 0 Å². The number of ketones is 1. The number of β-amino-alcohol motifs (C(OH)–C–C–N with tert-alkyl or cyclic N) is 1. The van der Waals surface area contributed by atoms with Crippen LogP contribution in [0.1, 0.15) is 36.0 Å². The molecule has 3 aliphatic heterocycles. The molecule has 0 unspecified atom stereocenters. The highest BCUT2D eigenvalue weighted by Crippen LogP contribution is 2.36. The highest BCUT2D eigenvalue weighted by molar-refractivity contribution is 6.01. The number of nitrogens with zero attached hydrogens (tertiary/aromatic N) is 3. The van der Waals surface area contributed by atoms with Gasteiger partial charge in [-0.05, 0) is 37.1 Å². The van der Waals surface area contributed by atoms with Crippen molar-refractivity contribution in [2.45, 2.75) is 49.5 Å². The van der Waals surface area contributed by atoms with E-state index in [1.165, 1.54) is 4.90 Å². The topological polar surface area (TPSA) is 112 Å². The van der Waals surface area contributed by atoms with Gasteiger partial charge in [-0.25, -0.2) is 0 Å². The van der Waals surface area contributed by atoms with Crippen LogP contribution in [0.2, 0.25) is 0 Å². The fourth-order valence-electron chi connectivity index (χ4n) is 6.05. The first-order valence-corrected chi connectivity index (χ1v) is 12.9. The van der Waals surface area contributed by atoms with E-state index in [0.717, 1.165) is 57.9 Å². The molecule has 3 atom stereocenters. The largest absolute Gasteiger partial charge is 0.388 e. The number of fused-ring (bicyclic) bond motifs is 1. The molecule has 2 amide bonds. The number of Topliss-reactive ketones (excluding diaryl/α,β-unsaturated/α-hetero) is 1. The molecule has 3 saturated heterocycles. The first kappa shape index (κ1) is 25.1. The Labute approximate surface area is 211 Å². The van der Waals surface area contributed by atoms with Gasteiger partial charge in [0.1, 0.15) is 30.4 Å². The summed E-state index contributed by atoms with van der Waals surface area (Å²) in [6.45, 7) is 5.39. The zero-order valence-electron chi connectivity index (χ0n) is 20.9. The number of aliphatic hydroxyl groups is 1. The zero-order chi connectivity index (χ0) is 25.3. The number of benzene rings is 1. The Morgan fingerprint density at radius 3 is 2.50 bits per heavy atom. The molecular weight excluding hydrogens is 464 g/mol. The average Bonchev–Trinajstić information content (AvgIpc) is 3.61. The Balaban J connectivity index is 1.24. The lowest BCUT2D eigenvalue weighted by Crippen LogP contribution is -2.60. The monoisotopic (exact) mass is 500 g/mol. The minimum atomic E-state index is -1.06. The van der Waals surface area contributed by atoms with E-state index in [9.17, 15) is 19.5 Å². The third-order valence-corrected chi connectivity index (χ3v) is 8.12. The quantitative estimate of drug-likeness (QED) is 0.540. The minimum Gasteiger partial charge on any atom is -0.388 e. The average molecular weight is 501 g/mol. The fourth-order valence-corrected chi connectivity index (χ4v) is 6.05. The molecule has 0 aromatic heterocycles. The van der Waals surface area contributed by atoms with E-state index in [-0.39, 0.29) is 30.7 Å². The van der Waals surface area contributed by atoms with Crippen molar-refractivity contribution in [2.75, 3.05) is 64.5 Å². The number of ether oxygens (including phenoxy) is 2. The molecule has 10 nitrogen and oxygen atoms in total. The Bertz CT molecular complexity index is 971. The number of likely N-dealkylation sites (tertiary alicyclic amines) is 1. The van der Waals surface area contributed by atoms with E-state index >= 15 is 0 Å². The zero-order valence-corrected chi connectivity index (χ0v) is 20.9. The SMILES string of the molecule is COCCN1CCN(c2ccc(C(=O)NC3(C(=O)N4C[C@H](O)[C@H]5OCC(=O)[C@H]54)CCCC3)cc2)CC1. The number of hydrogen-bond acceptors (Lipinski definition) is 8. The number of anilines is 1. The number of rotatable bonds is 7. The van der Waals surface area contributed by atoms with Crippen LogP contribution in [0.15, 0.2) is 24.3 Å². The van der Waals surface area contributed by atoms with Gasteiger partial charge in [-0.2, -0.15) is 0 Å². The van der Waals surface area contributed by atoms with Gasteiger partial charge in [0, 0.05) is 51.1 Å². The lowest BCUT2D eigenvalue weighted by molar-refractivity contribution is -0.142. The van der Waals surface area contributed by atoms with Crippen LogP contribution in [0.5, 0.6) is 0 Å². The molecule has 4 aliphatic rings. The van der Waals surface area contributed by atoms with Gasteiger partial charge < -0.3 is 29.7 Å². The van der Waals surface area contributed by atoms with E-state index in [0.29, 0.717) is 18.4 Å². The third-order valence-electron chi connectivity index (χ3n) is 8.12. The van der Waals surface area contributed by atoms with E-state index in [1.54, 1.807) is 19.2 Å². The summed E-state index contributed by atoms with van der Waals surface area (Å²) in [4.78, 5) is 45.5. The smallest absolute Gasteiger partial charge is 0.252 e. The lowest BCUT2D eigenvalue weighted by atomic mass is 9.93. The van der Waals surface area contributed by atoms with Crippen molar-refractivity contribution in [3.05, 3.63) is 29.8 Å². The van der Waals surface area contributed by atoms with Crippen molar-refractivity contribution < 1.29 is 29.0 Å². The van der Waals surface area contributed by atoms with Gasteiger partial charge in [-0.15, -0.1) is 0 Å². The second-order valence-corrected chi connectivity index (χ2v) is 10.3. The number of aliphatic hydroxyl groups excluding tert-OH is 1. The maximum Gasteiger partial charge on any atom is 0.252 e. The second kappa shape index (κ2) is 10.5. The summed E-state index contributed by atoms with van der Waals surface area (Å²) in [6, 6.07) is 6.76. The normalized spacial score (nSPS) is 27.9. The van der Waals surface area contributed by atoms with E-state index < -0.39 is 23.8 Å². The predicted molar refractivity (Wildman–Crippen MR) is 132 cm³/mol. The van der Waals surface area contributed by atoms with E-state index in [2.05, 4.69) is 15.1 Å². The molecule has 10 heteroatoms. The van der Waals surface area contributed by atoms with Gasteiger partial charge in [-0.3, -0.25) is 19.3 Å². The van der Waals surface area contributed by atoms with Crippen LogP contribution in [-0.4, -0.2) is 116 Å². The molecule has 0 radical (unpaired) electrons. The number of hydrogen-bond donors (Lipinski definition) is 2. The lowest BCUT2D eigenvalue weighted by Gasteiger charge is -2.36. The van der Waals surface area contributed by atoms with Crippen molar-refractivity contribution in [1.29, 1.82) is 0 Å². The molecule has 2 N–H and O–H groups in total. The molecule has 36 heavy (non-hydrogen) atoms. The Hall–Kier alpha value is -2.53. The molecule has 5 rings (SSSR count). The molecule has 0 bridgehead atoms. The van der Waals surface area contributed by atoms with Crippen molar-refractivity contribution in [3.63, 3.8) is 0 Å². The van der Waals surface area contributed by atoms with E-state index in [1.807, 2.05) is 12.1 Å². The molecule has 196 valence electrons. The van der Waals surface area contributed by atoms with Gasteiger partial charge in [-0.1, -0.05) is 12.8 Å². The second-order valence-electron chi connectivity index (χ2n) is 10.3. The van der Waals surface area contributed by atoms with Crippen molar-refractivity contribution in [2.24, 2.45) is 0 Å². The number of carbonyl (C=O) groups excluding carboxylic acids is 3. The molecule has 4 fully saturated rings. The van der Waals surface area contributed by atoms with Gasteiger partial charge in [0.2, 0.25) is 5.91 Å². The molecule has 1 aromatic carbocycles. The summed E-state index contributed by atoms with van der Waals surface area (Å²) in [6.07, 6.45) is 1.09. The standard InChI is InChI=1S/C26H36N4O6/c1-35-15-14-28-10-12-29(13-11-28)19-6-4-18(5-7-19)24(33)27-26(8-2-3-9-26)25(34)30-16-20(31)23-22(30)21(32)17-36-23/h4-7,20,22-23,31H,2-3,8-17H2,1H3,(H,27,33)/t20-,22+,23+/m0/s1. The molecule has 1 saturated carbocycles. The van der Waals surface area contributed by atoms with Crippen LogP contribution in [0.3, 0.4) is 0 Å². The molecule has 3 heterocycles. The Morgan fingerprint density at radius 2 is 1.83 bits per heavy atom. The number of methoxy groups -OCH3 is 1. The van der Waals surface area contributed by atoms with Crippen molar-refractivity contribution >= 4 is 23.3 Å². The van der Waals surface area contributed by atoms with Crippen LogP contribution in [-0.2, 0) is 19.1 Å². The molecule has 0 spiro atoms. The number of amides is 2. The predicted octanol–water partition coefficient (Wildman–Crippen LogP) is 0.0372. The molecule has 1 aliphatic carbocycles. The molecular formula is C26H36N4O6.